The molecule has 0 bridgehead atoms. The van der Waals surface area contributed by atoms with Crippen LogP contribution in [0.3, 0.4) is 0 Å². The third kappa shape index (κ3) is 3.12. The largest absolute Gasteiger partial charge is 0.506 e. The van der Waals surface area contributed by atoms with Gasteiger partial charge in [0.05, 0.1) is 11.4 Å². The van der Waals surface area contributed by atoms with Crippen LogP contribution in [0.4, 0.5) is 22.7 Å². The van der Waals surface area contributed by atoms with Gasteiger partial charge in [-0.3, -0.25) is 0 Å². The summed E-state index contributed by atoms with van der Waals surface area (Å²) in [4.78, 5) is 0. The molecule has 4 nitrogen and oxygen atoms in total. The summed E-state index contributed by atoms with van der Waals surface area (Å²) in [5, 5.41) is 25.8. The van der Waals surface area contributed by atoms with Crippen LogP contribution in [-0.4, -0.2) is 10.2 Å². The Balaban J connectivity index is 1.73. The third-order valence-corrected chi connectivity index (χ3v) is 3.25. The van der Waals surface area contributed by atoms with Gasteiger partial charge in [0.2, 0.25) is 0 Å². The predicted molar refractivity (Wildman–Crippen MR) is 89.2 cm³/mol. The maximum atomic E-state index is 9.75. The van der Waals surface area contributed by atoms with Crippen molar-refractivity contribution >= 4 is 22.7 Å². The predicted octanol–water partition coefficient (Wildman–Crippen LogP) is 4.59. The Kier molecular flexibility index (Phi) is 3.83. The average molecular weight is 292 g/mol. The Morgan fingerprint density at radius 2 is 0.864 bits per heavy atom. The van der Waals surface area contributed by atoms with Crippen LogP contribution in [0.5, 0.6) is 11.5 Å². The Hall–Kier alpha value is -3.14. The molecule has 0 radical (unpaired) electrons. The summed E-state index contributed by atoms with van der Waals surface area (Å²) in [5.41, 5.74) is 3.04. The van der Waals surface area contributed by atoms with E-state index in [2.05, 4.69) is 10.6 Å². The number of hydrogen-bond donors (Lipinski definition) is 4. The van der Waals surface area contributed by atoms with Gasteiger partial charge in [0, 0.05) is 11.4 Å². The van der Waals surface area contributed by atoms with Crippen LogP contribution in [0.15, 0.2) is 72.8 Å². The number of para-hydroxylation sites is 4. The highest BCUT2D eigenvalue weighted by Gasteiger charge is 2.02. The van der Waals surface area contributed by atoms with Gasteiger partial charge in [-0.05, 0) is 48.5 Å². The summed E-state index contributed by atoms with van der Waals surface area (Å²) in [6.07, 6.45) is 0. The van der Waals surface area contributed by atoms with Crippen LogP contribution >= 0.6 is 0 Å². The third-order valence-electron chi connectivity index (χ3n) is 3.25. The minimum absolute atomic E-state index is 0.207. The maximum Gasteiger partial charge on any atom is 0.139 e. The van der Waals surface area contributed by atoms with Gasteiger partial charge < -0.3 is 20.8 Å². The maximum absolute atomic E-state index is 9.75. The van der Waals surface area contributed by atoms with Gasteiger partial charge in [0.15, 0.2) is 0 Å². The van der Waals surface area contributed by atoms with E-state index in [0.29, 0.717) is 11.4 Å². The minimum Gasteiger partial charge on any atom is -0.506 e. The number of hydrogen-bond acceptors (Lipinski definition) is 4. The zero-order chi connectivity index (χ0) is 15.4. The van der Waals surface area contributed by atoms with Crippen molar-refractivity contribution in [3.8, 4) is 11.5 Å². The first-order chi connectivity index (χ1) is 10.7. The van der Waals surface area contributed by atoms with Crippen molar-refractivity contribution < 1.29 is 10.2 Å². The van der Waals surface area contributed by atoms with Gasteiger partial charge in [-0.2, -0.15) is 0 Å². The Labute approximate surface area is 128 Å². The van der Waals surface area contributed by atoms with Crippen molar-refractivity contribution in [2.45, 2.75) is 0 Å². The van der Waals surface area contributed by atoms with Crippen molar-refractivity contribution in [3.63, 3.8) is 0 Å². The molecular formula is C18H16N2O2. The first-order valence-corrected chi connectivity index (χ1v) is 6.92. The molecule has 22 heavy (non-hydrogen) atoms. The van der Waals surface area contributed by atoms with Crippen LogP contribution in [0.25, 0.3) is 0 Å². The van der Waals surface area contributed by atoms with Gasteiger partial charge >= 0.3 is 0 Å². The van der Waals surface area contributed by atoms with E-state index in [-0.39, 0.29) is 11.5 Å². The van der Waals surface area contributed by atoms with Crippen molar-refractivity contribution in [2.75, 3.05) is 10.6 Å². The molecule has 4 heteroatoms. The summed E-state index contributed by atoms with van der Waals surface area (Å²) in [5.74, 6) is 0.415. The van der Waals surface area contributed by atoms with Crippen molar-refractivity contribution in [3.05, 3.63) is 72.8 Å². The van der Waals surface area contributed by atoms with Crippen molar-refractivity contribution in [1.82, 2.24) is 0 Å². The van der Waals surface area contributed by atoms with Gasteiger partial charge in [-0.25, -0.2) is 0 Å². The van der Waals surface area contributed by atoms with E-state index < -0.39 is 0 Å². The molecule has 0 aliphatic carbocycles. The molecule has 0 spiro atoms. The minimum atomic E-state index is 0.207. The topological polar surface area (TPSA) is 64.5 Å². The molecule has 0 fully saturated rings. The smallest absolute Gasteiger partial charge is 0.139 e. The quantitative estimate of drug-likeness (QED) is 0.531. The lowest BCUT2D eigenvalue weighted by atomic mass is 10.2. The van der Waals surface area contributed by atoms with E-state index in [0.717, 1.165) is 11.4 Å². The summed E-state index contributed by atoms with van der Waals surface area (Å²) in [6, 6.07) is 21.7. The van der Waals surface area contributed by atoms with Crippen LogP contribution in [0.2, 0.25) is 0 Å². The molecule has 3 aromatic carbocycles. The highest BCUT2D eigenvalue weighted by Crippen LogP contribution is 2.29. The lowest BCUT2D eigenvalue weighted by Gasteiger charge is -2.11. The molecule has 0 saturated carbocycles. The summed E-state index contributed by atoms with van der Waals surface area (Å²) in [6.45, 7) is 0. The Bertz CT molecular complexity index is 704. The van der Waals surface area contributed by atoms with E-state index >= 15 is 0 Å². The summed E-state index contributed by atoms with van der Waals surface area (Å²) < 4.78 is 0. The second kappa shape index (κ2) is 6.10. The number of benzene rings is 3. The highest BCUT2D eigenvalue weighted by molar-refractivity contribution is 5.70. The molecule has 0 unspecified atom stereocenters. The molecule has 0 aromatic heterocycles. The van der Waals surface area contributed by atoms with E-state index in [1.54, 1.807) is 24.3 Å². The number of nitrogens with one attached hydrogen (secondary N) is 2. The van der Waals surface area contributed by atoms with E-state index in [1.165, 1.54) is 0 Å². The van der Waals surface area contributed by atoms with Gasteiger partial charge in [0.1, 0.15) is 11.5 Å². The molecule has 0 atom stereocenters. The molecule has 3 aromatic rings. The molecular weight excluding hydrogens is 276 g/mol. The van der Waals surface area contributed by atoms with Gasteiger partial charge in [0.25, 0.3) is 0 Å². The molecule has 0 amide bonds. The number of aromatic hydroxyl groups is 2. The molecule has 4 N–H and O–H groups in total. The summed E-state index contributed by atoms with van der Waals surface area (Å²) in [7, 11) is 0. The second-order valence-electron chi connectivity index (χ2n) is 4.86. The first-order valence-electron chi connectivity index (χ1n) is 6.92. The normalized spacial score (nSPS) is 10.2. The SMILES string of the molecule is Oc1ccccc1Nc1ccc(Nc2ccccc2O)cc1. The van der Waals surface area contributed by atoms with Crippen molar-refractivity contribution in [2.24, 2.45) is 0 Å². The number of rotatable bonds is 4. The Morgan fingerprint density at radius 1 is 0.500 bits per heavy atom. The monoisotopic (exact) mass is 292 g/mol. The first kappa shape index (κ1) is 13.8. The fraction of sp³-hybridized carbons (Fsp3) is 0. The zero-order valence-corrected chi connectivity index (χ0v) is 11.8. The standard InChI is InChI=1S/C18H16N2O2/c21-17-7-3-1-5-15(17)19-13-9-11-14(12-10-13)20-16-6-2-4-8-18(16)22/h1-12,19-22H. The van der Waals surface area contributed by atoms with Crippen LogP contribution < -0.4 is 10.6 Å². The second-order valence-corrected chi connectivity index (χ2v) is 4.86. The molecule has 0 aliphatic heterocycles. The lowest BCUT2D eigenvalue weighted by molar-refractivity contribution is 0.477. The highest BCUT2D eigenvalue weighted by atomic mass is 16.3. The van der Waals surface area contributed by atoms with E-state index in [1.807, 2.05) is 48.5 Å². The fourth-order valence-corrected chi connectivity index (χ4v) is 2.11. The number of phenolic OH excluding ortho intramolecular Hbond substituents is 2. The average Bonchev–Trinajstić information content (AvgIpc) is 2.54. The van der Waals surface area contributed by atoms with E-state index in [9.17, 15) is 10.2 Å². The molecule has 0 aliphatic rings. The number of anilines is 4. The van der Waals surface area contributed by atoms with Gasteiger partial charge in [-0.15, -0.1) is 0 Å². The zero-order valence-electron chi connectivity index (χ0n) is 11.8. The molecule has 0 heterocycles. The van der Waals surface area contributed by atoms with Crippen LogP contribution in [-0.2, 0) is 0 Å². The number of phenols is 2. The van der Waals surface area contributed by atoms with Gasteiger partial charge in [-0.1, -0.05) is 24.3 Å². The fourth-order valence-electron chi connectivity index (χ4n) is 2.11. The summed E-state index contributed by atoms with van der Waals surface area (Å²) >= 11 is 0. The van der Waals surface area contributed by atoms with E-state index in [4.69, 9.17) is 0 Å². The lowest BCUT2D eigenvalue weighted by Crippen LogP contribution is -1.93. The Morgan fingerprint density at radius 3 is 1.23 bits per heavy atom. The van der Waals surface area contributed by atoms with Crippen LogP contribution in [0, 0.1) is 0 Å². The molecule has 0 saturated heterocycles. The van der Waals surface area contributed by atoms with Crippen molar-refractivity contribution in [1.29, 1.82) is 0 Å². The molecule has 3 rings (SSSR count). The molecule has 110 valence electrons. The van der Waals surface area contributed by atoms with Crippen LogP contribution in [0.1, 0.15) is 0 Å².